The van der Waals surface area contributed by atoms with Crippen molar-refractivity contribution in [2.24, 2.45) is 0 Å². The first-order valence-electron chi connectivity index (χ1n) is 8.69. The van der Waals surface area contributed by atoms with Gasteiger partial charge in [0.05, 0.1) is 5.69 Å². The fraction of sp³-hybridized carbons (Fsp3) is 0.190. The second-order valence-corrected chi connectivity index (χ2v) is 8.09. The molecule has 1 heterocycles. The highest BCUT2D eigenvalue weighted by Crippen LogP contribution is 2.31. The molecule has 0 spiro atoms. The fourth-order valence-electron chi connectivity index (χ4n) is 2.64. The Morgan fingerprint density at radius 1 is 1.07 bits per heavy atom. The molecule has 0 atom stereocenters. The lowest BCUT2D eigenvalue weighted by atomic mass is 10.0. The highest BCUT2D eigenvalue weighted by Gasteiger charge is 2.13. The summed E-state index contributed by atoms with van der Waals surface area (Å²) < 4.78 is 0. The summed E-state index contributed by atoms with van der Waals surface area (Å²) in [4.78, 5) is 17.9. The minimum atomic E-state index is -0.245. The van der Waals surface area contributed by atoms with E-state index >= 15 is 0 Å². The van der Waals surface area contributed by atoms with Crippen LogP contribution in [0.2, 0.25) is 0 Å². The number of aryl methyl sites for hydroxylation is 1. The Labute approximate surface area is 168 Å². The molecule has 0 aliphatic heterocycles. The summed E-state index contributed by atoms with van der Waals surface area (Å²) in [6.07, 6.45) is 0. The first-order chi connectivity index (χ1) is 12.9. The van der Waals surface area contributed by atoms with Crippen molar-refractivity contribution in [3.8, 4) is 11.3 Å². The average molecular weight is 396 g/mol. The Morgan fingerprint density at radius 2 is 1.74 bits per heavy atom. The van der Waals surface area contributed by atoms with Gasteiger partial charge in [0, 0.05) is 16.0 Å². The molecule has 0 bridgehead atoms. The zero-order valence-electron chi connectivity index (χ0n) is 15.4. The van der Waals surface area contributed by atoms with Gasteiger partial charge in [0.25, 0.3) is 5.91 Å². The van der Waals surface area contributed by atoms with Gasteiger partial charge in [0.1, 0.15) is 0 Å². The number of hydrogen-bond acceptors (Lipinski definition) is 4. The van der Waals surface area contributed by atoms with E-state index in [2.05, 4.69) is 53.7 Å². The first-order valence-corrected chi connectivity index (χ1v) is 9.91. The molecule has 4 nitrogen and oxygen atoms in total. The maximum absolute atomic E-state index is 12.2. The summed E-state index contributed by atoms with van der Waals surface area (Å²) in [5, 5.41) is 6.59. The maximum Gasteiger partial charge on any atom is 0.257 e. The number of benzene rings is 2. The lowest BCUT2D eigenvalue weighted by molar-refractivity contribution is 0.0977. The number of thiocarbonyl (C=S) groups is 1. The molecule has 2 aromatic carbocycles. The molecular weight excluding hydrogens is 374 g/mol. The van der Waals surface area contributed by atoms with E-state index in [0.717, 1.165) is 16.1 Å². The number of amides is 1. The van der Waals surface area contributed by atoms with Crippen LogP contribution in [0.25, 0.3) is 11.3 Å². The minimum absolute atomic E-state index is 0.235. The lowest BCUT2D eigenvalue weighted by Crippen LogP contribution is -2.34. The summed E-state index contributed by atoms with van der Waals surface area (Å²) in [5.41, 5.74) is 3.85. The quantitative estimate of drug-likeness (QED) is 0.583. The number of nitrogens with one attached hydrogen (secondary N) is 2. The van der Waals surface area contributed by atoms with Gasteiger partial charge in [-0.1, -0.05) is 56.3 Å². The molecule has 0 saturated heterocycles. The molecule has 0 saturated carbocycles. The van der Waals surface area contributed by atoms with Crippen molar-refractivity contribution in [2.75, 3.05) is 5.32 Å². The molecule has 27 heavy (non-hydrogen) atoms. The molecule has 3 aromatic rings. The highest BCUT2D eigenvalue weighted by atomic mass is 32.1. The van der Waals surface area contributed by atoms with E-state index in [0.29, 0.717) is 16.6 Å². The van der Waals surface area contributed by atoms with E-state index in [1.54, 1.807) is 12.1 Å². The van der Waals surface area contributed by atoms with Crippen LogP contribution in [0.3, 0.4) is 0 Å². The molecule has 0 aliphatic rings. The zero-order chi connectivity index (χ0) is 19.4. The van der Waals surface area contributed by atoms with Gasteiger partial charge in [0.2, 0.25) is 0 Å². The first kappa shape index (κ1) is 19.2. The zero-order valence-corrected chi connectivity index (χ0v) is 17.1. The van der Waals surface area contributed by atoms with Crippen molar-refractivity contribution in [1.82, 2.24) is 10.3 Å². The predicted octanol–water partition coefficient (Wildman–Crippen LogP) is 5.37. The predicted molar refractivity (Wildman–Crippen MR) is 117 cm³/mol. The average Bonchev–Trinajstić information content (AvgIpc) is 3.02. The van der Waals surface area contributed by atoms with E-state index in [9.17, 15) is 4.79 Å². The molecule has 0 radical (unpaired) electrons. The Balaban J connectivity index is 1.69. The van der Waals surface area contributed by atoms with Gasteiger partial charge in [-0.3, -0.25) is 10.1 Å². The molecule has 138 valence electrons. The lowest BCUT2D eigenvalue weighted by Gasteiger charge is -2.07. The van der Waals surface area contributed by atoms with Crippen LogP contribution in [0.4, 0.5) is 5.13 Å². The van der Waals surface area contributed by atoms with Crippen LogP contribution in [0.5, 0.6) is 0 Å². The van der Waals surface area contributed by atoms with Crippen LogP contribution < -0.4 is 10.6 Å². The standard InChI is InChI=1S/C21H21N3OS2/c1-13(2)15-9-11-16(12-10-15)18-14(3)27-21(22-18)24-20(26)23-19(25)17-7-5-4-6-8-17/h4-13H,1-3H3,(H2,22,23,24,25,26). The van der Waals surface area contributed by atoms with E-state index in [4.69, 9.17) is 12.2 Å². The second-order valence-electron chi connectivity index (χ2n) is 6.47. The summed E-state index contributed by atoms with van der Waals surface area (Å²) in [5.74, 6) is 0.254. The van der Waals surface area contributed by atoms with Crippen molar-refractivity contribution in [2.45, 2.75) is 26.7 Å². The third kappa shape index (κ3) is 4.78. The van der Waals surface area contributed by atoms with Gasteiger partial charge in [0.15, 0.2) is 10.2 Å². The van der Waals surface area contributed by atoms with Crippen molar-refractivity contribution < 1.29 is 4.79 Å². The topological polar surface area (TPSA) is 54.0 Å². The van der Waals surface area contributed by atoms with Crippen LogP contribution in [-0.2, 0) is 0 Å². The van der Waals surface area contributed by atoms with Crippen LogP contribution in [0, 0.1) is 6.92 Å². The van der Waals surface area contributed by atoms with E-state index in [1.807, 2.05) is 25.1 Å². The van der Waals surface area contributed by atoms with E-state index in [-0.39, 0.29) is 11.0 Å². The van der Waals surface area contributed by atoms with Crippen LogP contribution in [0.1, 0.15) is 40.6 Å². The molecule has 1 aromatic heterocycles. The molecule has 6 heteroatoms. The summed E-state index contributed by atoms with van der Waals surface area (Å²) in [7, 11) is 0. The largest absolute Gasteiger partial charge is 0.308 e. The number of hydrogen-bond donors (Lipinski definition) is 2. The van der Waals surface area contributed by atoms with Gasteiger partial charge >= 0.3 is 0 Å². The number of carbonyl (C=O) groups excluding carboxylic acids is 1. The SMILES string of the molecule is Cc1sc(NC(=S)NC(=O)c2ccccc2)nc1-c1ccc(C(C)C)cc1. The number of anilines is 1. The van der Waals surface area contributed by atoms with Gasteiger partial charge in [-0.2, -0.15) is 0 Å². The molecule has 0 aliphatic carbocycles. The van der Waals surface area contributed by atoms with Gasteiger partial charge in [-0.25, -0.2) is 4.98 Å². The molecule has 3 rings (SSSR count). The monoisotopic (exact) mass is 395 g/mol. The molecule has 0 fully saturated rings. The number of thiazole rings is 1. The number of nitrogens with zero attached hydrogens (tertiary/aromatic N) is 1. The van der Waals surface area contributed by atoms with Crippen molar-refractivity contribution in [3.63, 3.8) is 0 Å². The second kappa shape index (κ2) is 8.41. The third-order valence-electron chi connectivity index (χ3n) is 4.13. The summed E-state index contributed by atoms with van der Waals surface area (Å²) >= 11 is 6.76. The van der Waals surface area contributed by atoms with Crippen LogP contribution in [-0.4, -0.2) is 16.0 Å². The fourth-order valence-corrected chi connectivity index (χ4v) is 3.73. The highest BCUT2D eigenvalue weighted by molar-refractivity contribution is 7.80. The molecule has 1 amide bonds. The normalized spacial score (nSPS) is 10.7. The van der Waals surface area contributed by atoms with Gasteiger partial charge < -0.3 is 5.32 Å². The number of carbonyl (C=O) groups is 1. The maximum atomic E-state index is 12.2. The summed E-state index contributed by atoms with van der Waals surface area (Å²) in [6, 6.07) is 17.4. The van der Waals surface area contributed by atoms with Crippen molar-refractivity contribution in [3.05, 3.63) is 70.6 Å². The molecule has 0 unspecified atom stereocenters. The molecular formula is C21H21N3OS2. The van der Waals surface area contributed by atoms with Crippen LogP contribution >= 0.6 is 23.6 Å². The number of rotatable bonds is 4. The smallest absolute Gasteiger partial charge is 0.257 e. The Hall–Kier alpha value is -2.57. The van der Waals surface area contributed by atoms with E-state index in [1.165, 1.54) is 16.9 Å². The van der Waals surface area contributed by atoms with Gasteiger partial charge in [-0.05, 0) is 42.8 Å². The van der Waals surface area contributed by atoms with Crippen molar-refractivity contribution in [1.29, 1.82) is 0 Å². The third-order valence-corrected chi connectivity index (χ3v) is 5.22. The minimum Gasteiger partial charge on any atom is -0.308 e. The number of aromatic nitrogens is 1. The summed E-state index contributed by atoms with van der Waals surface area (Å²) in [6.45, 7) is 6.38. The van der Waals surface area contributed by atoms with E-state index < -0.39 is 0 Å². The van der Waals surface area contributed by atoms with Crippen LogP contribution in [0.15, 0.2) is 54.6 Å². The Kier molecular flexibility index (Phi) is 5.98. The Bertz CT molecular complexity index is 947. The Morgan fingerprint density at radius 3 is 2.37 bits per heavy atom. The molecule has 2 N–H and O–H groups in total. The van der Waals surface area contributed by atoms with Crippen molar-refractivity contribution >= 4 is 39.7 Å². The van der Waals surface area contributed by atoms with Gasteiger partial charge in [-0.15, -0.1) is 11.3 Å².